The van der Waals surface area contributed by atoms with Crippen molar-refractivity contribution >= 4 is 33.6 Å². The molecule has 154 valence electrons. The fraction of sp³-hybridized carbons (Fsp3) is 0.130. The summed E-state index contributed by atoms with van der Waals surface area (Å²) in [7, 11) is 0. The lowest BCUT2D eigenvalue weighted by Gasteiger charge is -2.19. The second kappa shape index (κ2) is 9.93. The molecule has 0 bridgehead atoms. The maximum absolute atomic E-state index is 12.6. The average molecular weight is 468 g/mol. The van der Waals surface area contributed by atoms with Crippen molar-refractivity contribution in [1.29, 1.82) is 0 Å². The van der Waals surface area contributed by atoms with Gasteiger partial charge in [0.1, 0.15) is 11.5 Å². The molecule has 0 spiro atoms. The lowest BCUT2D eigenvalue weighted by molar-refractivity contribution is -0.116. The molecule has 0 heterocycles. The van der Waals surface area contributed by atoms with Crippen LogP contribution < -0.4 is 21.1 Å². The van der Waals surface area contributed by atoms with Crippen molar-refractivity contribution in [1.82, 2.24) is 5.32 Å². The summed E-state index contributed by atoms with van der Waals surface area (Å²) in [5.41, 5.74) is 7.69. The Morgan fingerprint density at radius 1 is 1.00 bits per heavy atom. The Labute approximate surface area is 183 Å². The molecule has 3 aromatic rings. The van der Waals surface area contributed by atoms with Gasteiger partial charge < -0.3 is 21.1 Å². The summed E-state index contributed by atoms with van der Waals surface area (Å²) in [5.74, 6) is 1.05. The first-order chi connectivity index (χ1) is 14.4. The van der Waals surface area contributed by atoms with Gasteiger partial charge in [-0.1, -0.05) is 46.3 Å². The first-order valence-electron chi connectivity index (χ1n) is 9.35. The number of hydrogen-bond donors (Lipinski definition) is 3. The molecule has 0 aliphatic rings. The number of primary amides is 1. The number of ether oxygens (including phenoxy) is 1. The molecular formula is C23H22BrN3O3. The Morgan fingerprint density at radius 2 is 1.73 bits per heavy atom. The van der Waals surface area contributed by atoms with Crippen LogP contribution in [0.4, 0.5) is 10.5 Å². The van der Waals surface area contributed by atoms with Gasteiger partial charge in [-0.2, -0.15) is 0 Å². The van der Waals surface area contributed by atoms with Gasteiger partial charge in [-0.25, -0.2) is 4.79 Å². The molecule has 3 aromatic carbocycles. The zero-order valence-electron chi connectivity index (χ0n) is 16.4. The number of anilines is 1. The van der Waals surface area contributed by atoms with Gasteiger partial charge in [0.15, 0.2) is 0 Å². The Hall–Kier alpha value is -3.32. The molecular weight excluding hydrogens is 446 g/mol. The van der Waals surface area contributed by atoms with Crippen LogP contribution in [0.3, 0.4) is 0 Å². The van der Waals surface area contributed by atoms with Gasteiger partial charge in [0, 0.05) is 10.2 Å². The molecule has 0 aliphatic heterocycles. The van der Waals surface area contributed by atoms with Crippen LogP contribution in [0.1, 0.15) is 23.6 Å². The molecule has 6 nitrogen and oxygen atoms in total. The van der Waals surface area contributed by atoms with E-state index in [0.717, 1.165) is 10.0 Å². The van der Waals surface area contributed by atoms with Crippen molar-refractivity contribution in [2.24, 2.45) is 5.73 Å². The van der Waals surface area contributed by atoms with Crippen molar-refractivity contribution < 1.29 is 14.3 Å². The second-order valence-electron chi connectivity index (χ2n) is 6.76. The van der Waals surface area contributed by atoms with Crippen molar-refractivity contribution in [2.45, 2.75) is 19.4 Å². The van der Waals surface area contributed by atoms with E-state index in [1.807, 2.05) is 67.6 Å². The number of rotatable bonds is 7. The SMILES string of the molecule is Cc1cc(Br)ccc1NC(=O)CC(NC(N)=O)c1cccc(Oc2ccccc2)c1. The van der Waals surface area contributed by atoms with Gasteiger partial charge in [-0.3, -0.25) is 4.79 Å². The largest absolute Gasteiger partial charge is 0.457 e. The quantitative estimate of drug-likeness (QED) is 0.440. The highest BCUT2D eigenvalue weighted by Crippen LogP contribution is 2.27. The fourth-order valence-corrected chi connectivity index (χ4v) is 3.47. The van der Waals surface area contributed by atoms with E-state index in [-0.39, 0.29) is 12.3 Å². The number of nitrogens with two attached hydrogens (primary N) is 1. The molecule has 30 heavy (non-hydrogen) atoms. The number of benzene rings is 3. The Kier molecular flexibility index (Phi) is 7.08. The summed E-state index contributed by atoms with van der Waals surface area (Å²) < 4.78 is 6.78. The number of aryl methyl sites for hydroxylation is 1. The number of amides is 3. The lowest BCUT2D eigenvalue weighted by Crippen LogP contribution is -2.35. The first-order valence-corrected chi connectivity index (χ1v) is 10.1. The van der Waals surface area contributed by atoms with E-state index in [2.05, 4.69) is 26.6 Å². The Morgan fingerprint density at radius 3 is 2.43 bits per heavy atom. The Balaban J connectivity index is 1.76. The van der Waals surface area contributed by atoms with Crippen LogP contribution >= 0.6 is 15.9 Å². The minimum Gasteiger partial charge on any atom is -0.457 e. The number of urea groups is 1. The smallest absolute Gasteiger partial charge is 0.312 e. The van der Waals surface area contributed by atoms with Crippen molar-refractivity contribution in [3.63, 3.8) is 0 Å². The van der Waals surface area contributed by atoms with Crippen LogP contribution in [0.25, 0.3) is 0 Å². The number of carbonyl (C=O) groups is 2. The summed E-state index contributed by atoms with van der Waals surface area (Å²) in [5, 5.41) is 5.52. The molecule has 3 rings (SSSR count). The maximum atomic E-state index is 12.6. The number of carbonyl (C=O) groups excluding carboxylic acids is 2. The third kappa shape index (κ3) is 6.09. The van der Waals surface area contributed by atoms with E-state index in [1.165, 1.54) is 0 Å². The topological polar surface area (TPSA) is 93.5 Å². The third-order valence-corrected chi connectivity index (χ3v) is 4.90. The molecule has 1 unspecified atom stereocenters. The van der Waals surface area contributed by atoms with Crippen molar-refractivity contribution in [2.75, 3.05) is 5.32 Å². The summed E-state index contributed by atoms with van der Waals surface area (Å²) in [4.78, 5) is 24.2. The predicted octanol–water partition coefficient (Wildman–Crippen LogP) is 5.29. The second-order valence-corrected chi connectivity index (χ2v) is 7.68. The van der Waals surface area contributed by atoms with Crippen LogP contribution in [0.2, 0.25) is 0 Å². The monoisotopic (exact) mass is 467 g/mol. The molecule has 0 saturated heterocycles. The fourth-order valence-electron chi connectivity index (χ4n) is 3.00. The average Bonchev–Trinajstić information content (AvgIpc) is 2.70. The number of halogens is 1. The number of nitrogens with one attached hydrogen (secondary N) is 2. The Bertz CT molecular complexity index is 1040. The lowest BCUT2D eigenvalue weighted by atomic mass is 10.0. The zero-order chi connectivity index (χ0) is 21.5. The van der Waals surface area contributed by atoms with Gasteiger partial charge in [0.2, 0.25) is 5.91 Å². The molecule has 0 fully saturated rings. The standard InChI is InChI=1S/C23H22BrN3O3/c1-15-12-17(24)10-11-20(15)26-22(28)14-21(27-23(25)29)16-6-5-9-19(13-16)30-18-7-3-2-4-8-18/h2-13,21H,14H2,1H3,(H,26,28)(H3,25,27,29). The molecule has 0 aliphatic carbocycles. The summed E-state index contributed by atoms with van der Waals surface area (Å²) in [6, 6.07) is 20.9. The zero-order valence-corrected chi connectivity index (χ0v) is 18.0. The first kappa shape index (κ1) is 21.4. The highest BCUT2D eigenvalue weighted by Gasteiger charge is 2.19. The van der Waals surface area contributed by atoms with Crippen LogP contribution in [0.5, 0.6) is 11.5 Å². The van der Waals surface area contributed by atoms with Gasteiger partial charge in [0.05, 0.1) is 12.5 Å². The van der Waals surface area contributed by atoms with Gasteiger partial charge in [-0.05, 0) is 60.5 Å². The summed E-state index contributed by atoms with van der Waals surface area (Å²) in [6.07, 6.45) is 0.0211. The molecule has 7 heteroatoms. The number of para-hydroxylation sites is 1. The van der Waals surface area contributed by atoms with Gasteiger partial charge >= 0.3 is 6.03 Å². The molecule has 0 saturated carbocycles. The molecule has 0 aromatic heterocycles. The summed E-state index contributed by atoms with van der Waals surface area (Å²) >= 11 is 3.40. The van der Waals surface area contributed by atoms with E-state index in [4.69, 9.17) is 10.5 Å². The van der Waals surface area contributed by atoms with Gasteiger partial charge in [0.25, 0.3) is 0 Å². The van der Waals surface area contributed by atoms with E-state index in [0.29, 0.717) is 22.7 Å². The number of hydrogen-bond acceptors (Lipinski definition) is 3. The molecule has 0 radical (unpaired) electrons. The van der Waals surface area contributed by atoms with Crippen LogP contribution in [-0.2, 0) is 4.79 Å². The van der Waals surface area contributed by atoms with E-state index >= 15 is 0 Å². The van der Waals surface area contributed by atoms with Crippen molar-refractivity contribution in [3.8, 4) is 11.5 Å². The molecule has 3 amide bonds. The highest BCUT2D eigenvalue weighted by molar-refractivity contribution is 9.10. The maximum Gasteiger partial charge on any atom is 0.312 e. The third-order valence-electron chi connectivity index (χ3n) is 4.41. The minimum absolute atomic E-state index is 0.0211. The summed E-state index contributed by atoms with van der Waals surface area (Å²) in [6.45, 7) is 1.91. The predicted molar refractivity (Wildman–Crippen MR) is 121 cm³/mol. The molecule has 1 atom stereocenters. The van der Waals surface area contributed by atoms with Crippen LogP contribution in [-0.4, -0.2) is 11.9 Å². The minimum atomic E-state index is -0.706. The van der Waals surface area contributed by atoms with Gasteiger partial charge in [-0.15, -0.1) is 0 Å². The van der Waals surface area contributed by atoms with E-state index in [9.17, 15) is 9.59 Å². The highest BCUT2D eigenvalue weighted by atomic mass is 79.9. The van der Waals surface area contributed by atoms with Crippen LogP contribution in [0.15, 0.2) is 77.3 Å². The van der Waals surface area contributed by atoms with Crippen LogP contribution in [0, 0.1) is 6.92 Å². The van der Waals surface area contributed by atoms with E-state index in [1.54, 1.807) is 12.1 Å². The van der Waals surface area contributed by atoms with Crippen molar-refractivity contribution in [3.05, 3.63) is 88.4 Å². The normalized spacial score (nSPS) is 11.4. The molecule has 4 N–H and O–H groups in total. The van der Waals surface area contributed by atoms with E-state index < -0.39 is 12.1 Å².